The monoisotopic (exact) mass is 455 g/mol. The van der Waals surface area contributed by atoms with Crippen molar-refractivity contribution in [1.29, 1.82) is 0 Å². The lowest BCUT2D eigenvalue weighted by Gasteiger charge is -2.43. The lowest BCUT2D eigenvalue weighted by atomic mass is 9.69. The Bertz CT molecular complexity index is 962. The highest BCUT2D eigenvalue weighted by atomic mass is 32.1. The van der Waals surface area contributed by atoms with Gasteiger partial charge in [0.1, 0.15) is 5.60 Å². The maximum absolute atomic E-state index is 13.5. The van der Waals surface area contributed by atoms with Crippen molar-refractivity contribution < 1.29 is 19.1 Å². The van der Waals surface area contributed by atoms with Gasteiger partial charge in [-0.05, 0) is 55.5 Å². The van der Waals surface area contributed by atoms with Crippen molar-refractivity contribution in [3.63, 3.8) is 0 Å². The molecule has 3 N–H and O–H groups in total. The number of hydrogen-bond donors (Lipinski definition) is 3. The highest BCUT2D eigenvalue weighted by molar-refractivity contribution is 7.26. The summed E-state index contributed by atoms with van der Waals surface area (Å²) in [6.07, 6.45) is -2.28. The average Bonchev–Trinajstić information content (AvgIpc) is 3.45. The molecule has 0 aliphatic rings. The van der Waals surface area contributed by atoms with Gasteiger partial charge in [-0.2, -0.15) is 0 Å². The molecule has 29 heavy (non-hydrogen) atoms. The summed E-state index contributed by atoms with van der Waals surface area (Å²) in [5.41, 5.74) is -1.90. The summed E-state index contributed by atoms with van der Waals surface area (Å²) < 4.78 is 27.0. The third kappa shape index (κ3) is 4.32. The van der Waals surface area contributed by atoms with Crippen molar-refractivity contribution >= 4 is 34.0 Å². The van der Waals surface area contributed by atoms with Gasteiger partial charge in [-0.25, -0.2) is 8.78 Å². The van der Waals surface area contributed by atoms with Crippen LogP contribution in [0.15, 0.2) is 54.1 Å². The summed E-state index contributed by atoms with van der Waals surface area (Å²) in [6.45, 7) is 6.21. The van der Waals surface area contributed by atoms with E-state index in [2.05, 4.69) is 30.2 Å². The zero-order valence-corrected chi connectivity index (χ0v) is 18.6. The first-order valence-electron chi connectivity index (χ1n) is 9.02. The summed E-state index contributed by atoms with van der Waals surface area (Å²) in [6, 6.07) is 12.3. The summed E-state index contributed by atoms with van der Waals surface area (Å²) in [5, 5.41) is 21.7. The van der Waals surface area contributed by atoms with Crippen LogP contribution < -0.4 is 5.48 Å². The van der Waals surface area contributed by atoms with Gasteiger partial charge in [0.15, 0.2) is 0 Å². The summed E-state index contributed by atoms with van der Waals surface area (Å²) in [4.78, 5) is 5.75. The molecule has 2 unspecified atom stereocenters. The van der Waals surface area contributed by atoms with Crippen LogP contribution >= 0.6 is 34.0 Å². The molecular weight excluding hydrogens is 432 g/mol. The Morgan fingerprint density at radius 3 is 2.28 bits per heavy atom. The van der Waals surface area contributed by atoms with Gasteiger partial charge < -0.3 is 5.11 Å². The Balaban J connectivity index is 1.76. The number of hydroxylamine groups is 1. The van der Waals surface area contributed by atoms with Gasteiger partial charge in [-0.1, -0.05) is 19.6 Å². The molecule has 3 aromatic heterocycles. The number of aliphatic hydroxyl groups is 1. The lowest BCUT2D eigenvalue weighted by molar-refractivity contribution is -0.152. The van der Waals surface area contributed by atoms with E-state index in [1.54, 1.807) is 34.0 Å². The van der Waals surface area contributed by atoms with Crippen molar-refractivity contribution in [3.05, 3.63) is 58.9 Å². The molecule has 3 heterocycles. The Kier molecular flexibility index (Phi) is 6.60. The molecule has 3 rings (SSSR count). The minimum Gasteiger partial charge on any atom is -0.383 e. The molecule has 8 heteroatoms. The van der Waals surface area contributed by atoms with Crippen LogP contribution in [-0.4, -0.2) is 22.3 Å². The van der Waals surface area contributed by atoms with E-state index in [-0.39, 0.29) is 12.1 Å². The fourth-order valence-electron chi connectivity index (χ4n) is 3.11. The van der Waals surface area contributed by atoms with Crippen LogP contribution in [0.5, 0.6) is 0 Å². The van der Waals surface area contributed by atoms with E-state index < -0.39 is 17.4 Å². The molecule has 0 amide bonds. The van der Waals surface area contributed by atoms with Gasteiger partial charge in [-0.3, -0.25) is 10.7 Å². The third-order valence-electron chi connectivity index (χ3n) is 5.49. The summed E-state index contributed by atoms with van der Waals surface area (Å²) in [7, 11) is 0. The van der Waals surface area contributed by atoms with Crippen molar-refractivity contribution in [1.82, 2.24) is 5.48 Å². The molecule has 0 spiro atoms. The maximum atomic E-state index is 13.5. The second-order valence-electron chi connectivity index (χ2n) is 7.28. The van der Waals surface area contributed by atoms with Crippen LogP contribution in [0.2, 0.25) is 0 Å². The molecule has 0 aliphatic carbocycles. The van der Waals surface area contributed by atoms with Crippen LogP contribution in [0.3, 0.4) is 0 Å². The van der Waals surface area contributed by atoms with Gasteiger partial charge >= 0.3 is 0 Å². The topological polar surface area (TPSA) is 52.5 Å². The van der Waals surface area contributed by atoms with Crippen molar-refractivity contribution in [2.24, 2.45) is 5.41 Å². The number of hydrogen-bond acceptors (Lipinski definition) is 6. The second-order valence-corrected chi connectivity index (χ2v) is 10.5. The third-order valence-corrected chi connectivity index (χ3v) is 8.98. The van der Waals surface area contributed by atoms with Crippen LogP contribution in [0, 0.1) is 5.41 Å². The molecule has 0 fully saturated rings. The predicted octanol–water partition coefficient (Wildman–Crippen LogP) is 6.65. The molecule has 0 saturated heterocycles. The number of alkyl halides is 2. The first kappa shape index (κ1) is 22.1. The van der Waals surface area contributed by atoms with Gasteiger partial charge in [0.2, 0.25) is 0 Å². The Morgan fingerprint density at radius 1 is 1.07 bits per heavy atom. The Labute approximate surface area is 180 Å². The number of nitrogens with one attached hydrogen (secondary N) is 1. The highest BCUT2D eigenvalue weighted by Gasteiger charge is 2.51. The Morgan fingerprint density at radius 2 is 1.69 bits per heavy atom. The molecule has 0 aliphatic heterocycles. The fraction of sp³-hybridized carbons (Fsp3) is 0.333. The van der Waals surface area contributed by atoms with Crippen molar-refractivity contribution in [2.75, 3.05) is 0 Å². The summed E-state index contributed by atoms with van der Waals surface area (Å²) >= 11 is 5.03. The van der Waals surface area contributed by atoms with Crippen LogP contribution in [0.4, 0.5) is 8.78 Å². The molecule has 156 valence electrons. The molecule has 2 atom stereocenters. The maximum Gasteiger partial charge on any atom is 0.267 e. The fourth-order valence-corrected chi connectivity index (χ4v) is 6.05. The van der Waals surface area contributed by atoms with E-state index >= 15 is 0 Å². The van der Waals surface area contributed by atoms with E-state index in [0.29, 0.717) is 6.42 Å². The van der Waals surface area contributed by atoms with Gasteiger partial charge in [0.25, 0.3) is 6.43 Å². The van der Waals surface area contributed by atoms with Crippen LogP contribution in [0.25, 0.3) is 19.5 Å². The first-order valence-corrected chi connectivity index (χ1v) is 11.5. The molecular formula is C21H23F2NO2S3. The molecule has 0 saturated carbocycles. The number of halogens is 2. The van der Waals surface area contributed by atoms with Gasteiger partial charge in [0.05, 0.1) is 0 Å². The molecule has 3 nitrogen and oxygen atoms in total. The normalized spacial score (nSPS) is 15.8. The van der Waals surface area contributed by atoms with Gasteiger partial charge in [-0.15, -0.1) is 34.0 Å². The molecule has 3 aromatic rings. The minimum atomic E-state index is -2.97. The SMILES string of the molecule is C=C(NO)C(C)(CCc1ccc(-c2ccc(-c3cccs3)s2)s1)C(C)(O)C(F)F. The number of rotatable bonds is 9. The standard InChI is InChI=1S/C21H23F2NO2S3/c1-13(24-26)20(2,21(3,25)19(22)23)11-10-14-6-7-17(28-14)18-9-8-16(29-18)15-5-4-12-27-15/h4-9,12,19,24-26H,1,10-11H2,2-3H3. The highest BCUT2D eigenvalue weighted by Crippen LogP contribution is 2.45. The van der Waals surface area contributed by atoms with E-state index in [9.17, 15) is 19.1 Å². The first-order chi connectivity index (χ1) is 13.7. The quantitative estimate of drug-likeness (QED) is 0.317. The molecule has 0 bridgehead atoms. The predicted molar refractivity (Wildman–Crippen MR) is 118 cm³/mol. The Hall–Kier alpha value is -1.58. The van der Waals surface area contributed by atoms with Crippen LogP contribution in [0.1, 0.15) is 25.1 Å². The van der Waals surface area contributed by atoms with E-state index in [0.717, 1.165) is 21.6 Å². The van der Waals surface area contributed by atoms with Crippen LogP contribution in [-0.2, 0) is 6.42 Å². The molecule has 0 radical (unpaired) electrons. The number of thiophene rings is 3. The zero-order chi connectivity index (χ0) is 21.2. The van der Waals surface area contributed by atoms with Crippen molar-refractivity contribution in [2.45, 2.75) is 38.7 Å². The smallest absolute Gasteiger partial charge is 0.267 e. The average molecular weight is 456 g/mol. The second kappa shape index (κ2) is 8.65. The lowest BCUT2D eigenvalue weighted by Crippen LogP contribution is -2.52. The van der Waals surface area contributed by atoms with Gasteiger partial charge in [0, 0.05) is 35.5 Å². The van der Waals surface area contributed by atoms with Crippen molar-refractivity contribution in [3.8, 4) is 19.5 Å². The summed E-state index contributed by atoms with van der Waals surface area (Å²) in [5.74, 6) is 0. The minimum absolute atomic E-state index is 0.0292. The zero-order valence-electron chi connectivity index (χ0n) is 16.1. The largest absolute Gasteiger partial charge is 0.383 e. The van der Waals surface area contributed by atoms with E-state index in [1.807, 2.05) is 23.7 Å². The molecule has 0 aromatic carbocycles. The van der Waals surface area contributed by atoms with E-state index in [1.165, 1.54) is 16.7 Å². The van der Waals surface area contributed by atoms with E-state index in [4.69, 9.17) is 0 Å². The number of aryl methyl sites for hydroxylation is 1.